The number of anilines is 1. The summed E-state index contributed by atoms with van der Waals surface area (Å²) in [6.07, 6.45) is 1.53. The van der Waals surface area contributed by atoms with Crippen LogP contribution in [0.4, 0.5) is 5.69 Å². The second kappa shape index (κ2) is 8.36. The first-order valence-electron chi connectivity index (χ1n) is 8.59. The largest absolute Gasteiger partial charge is 0.340 e. The molecule has 0 aliphatic heterocycles. The van der Waals surface area contributed by atoms with E-state index in [0.717, 1.165) is 17.4 Å². The van der Waals surface area contributed by atoms with Crippen molar-refractivity contribution in [1.82, 2.24) is 4.90 Å². The monoisotopic (exact) mass is 374 g/mol. The van der Waals surface area contributed by atoms with Crippen LogP contribution in [-0.4, -0.2) is 38.6 Å². The first-order chi connectivity index (χ1) is 12.2. The van der Waals surface area contributed by atoms with Gasteiger partial charge in [0.15, 0.2) is 0 Å². The van der Waals surface area contributed by atoms with Crippen LogP contribution >= 0.6 is 0 Å². The number of carbonyl (C=O) groups is 1. The highest BCUT2D eigenvalue weighted by atomic mass is 32.2. The van der Waals surface area contributed by atoms with Crippen molar-refractivity contribution >= 4 is 21.6 Å². The Kier molecular flexibility index (Phi) is 6.42. The van der Waals surface area contributed by atoms with Gasteiger partial charge < -0.3 is 4.90 Å². The van der Waals surface area contributed by atoms with Gasteiger partial charge in [0.1, 0.15) is 6.04 Å². The van der Waals surface area contributed by atoms with Gasteiger partial charge in [0.25, 0.3) is 0 Å². The lowest BCUT2D eigenvalue weighted by Gasteiger charge is -2.33. The lowest BCUT2D eigenvalue weighted by Crippen LogP contribution is -2.49. The molecule has 140 valence electrons. The minimum absolute atomic E-state index is 0.219. The molecular formula is C20H26N2O3S. The van der Waals surface area contributed by atoms with E-state index in [1.165, 1.54) is 4.31 Å². The molecule has 0 unspecified atom stereocenters. The van der Waals surface area contributed by atoms with Crippen LogP contribution in [0.2, 0.25) is 0 Å². The molecule has 0 saturated carbocycles. The fourth-order valence-electron chi connectivity index (χ4n) is 3.00. The van der Waals surface area contributed by atoms with Gasteiger partial charge >= 0.3 is 0 Å². The summed E-state index contributed by atoms with van der Waals surface area (Å²) in [6, 6.07) is 16.1. The molecule has 1 atom stereocenters. The van der Waals surface area contributed by atoms with E-state index < -0.39 is 16.1 Å². The second-order valence-electron chi connectivity index (χ2n) is 6.50. The summed E-state index contributed by atoms with van der Waals surface area (Å²) in [7, 11) is -1.91. The van der Waals surface area contributed by atoms with Gasteiger partial charge in [0, 0.05) is 13.6 Å². The van der Waals surface area contributed by atoms with Crippen LogP contribution < -0.4 is 4.31 Å². The zero-order chi connectivity index (χ0) is 19.3. The molecule has 0 aliphatic rings. The summed E-state index contributed by atoms with van der Waals surface area (Å²) in [5, 5.41) is 0. The number of sulfonamides is 1. The van der Waals surface area contributed by atoms with Crippen molar-refractivity contribution in [3.8, 4) is 0 Å². The normalized spacial score (nSPS) is 12.5. The summed E-state index contributed by atoms with van der Waals surface area (Å²) < 4.78 is 26.2. The quantitative estimate of drug-likeness (QED) is 0.748. The third kappa shape index (κ3) is 4.85. The summed E-state index contributed by atoms with van der Waals surface area (Å²) >= 11 is 0. The molecule has 0 heterocycles. The molecule has 0 saturated heterocycles. The number of rotatable bonds is 7. The molecule has 2 rings (SSSR count). The van der Waals surface area contributed by atoms with Gasteiger partial charge in [-0.2, -0.15) is 0 Å². The number of aryl methyl sites for hydroxylation is 1. The van der Waals surface area contributed by atoms with E-state index in [9.17, 15) is 13.2 Å². The molecular weight excluding hydrogens is 348 g/mol. The smallest absolute Gasteiger partial charge is 0.246 e. The van der Waals surface area contributed by atoms with E-state index in [2.05, 4.69) is 0 Å². The van der Waals surface area contributed by atoms with E-state index in [0.29, 0.717) is 18.7 Å². The average Bonchev–Trinajstić information content (AvgIpc) is 2.58. The van der Waals surface area contributed by atoms with Gasteiger partial charge in [-0.05, 0) is 36.6 Å². The maximum absolute atomic E-state index is 13.0. The van der Waals surface area contributed by atoms with Gasteiger partial charge in [-0.25, -0.2) is 8.42 Å². The molecule has 0 aromatic heterocycles. The van der Waals surface area contributed by atoms with Crippen molar-refractivity contribution in [2.75, 3.05) is 17.6 Å². The Labute approximate surface area is 156 Å². The summed E-state index contributed by atoms with van der Waals surface area (Å²) in [5.41, 5.74) is 2.46. The second-order valence-corrected chi connectivity index (χ2v) is 8.36. The Hall–Kier alpha value is -2.34. The lowest BCUT2D eigenvalue weighted by molar-refractivity contribution is -0.131. The molecule has 6 heteroatoms. The van der Waals surface area contributed by atoms with Crippen molar-refractivity contribution in [1.29, 1.82) is 0 Å². The van der Waals surface area contributed by atoms with Crippen LogP contribution in [0.5, 0.6) is 0 Å². The molecule has 0 aliphatic carbocycles. The Morgan fingerprint density at radius 1 is 1.08 bits per heavy atom. The highest BCUT2D eigenvalue weighted by molar-refractivity contribution is 7.92. The van der Waals surface area contributed by atoms with E-state index in [1.807, 2.05) is 50.2 Å². The third-order valence-electron chi connectivity index (χ3n) is 4.21. The molecule has 0 bridgehead atoms. The van der Waals surface area contributed by atoms with Gasteiger partial charge in [-0.1, -0.05) is 49.4 Å². The fourth-order valence-corrected chi connectivity index (χ4v) is 4.20. The molecule has 0 radical (unpaired) electrons. The predicted molar refractivity (Wildman–Crippen MR) is 105 cm³/mol. The van der Waals surface area contributed by atoms with Crippen LogP contribution in [-0.2, 0) is 21.4 Å². The first kappa shape index (κ1) is 20.0. The Morgan fingerprint density at radius 3 is 2.27 bits per heavy atom. The molecule has 2 aromatic carbocycles. The van der Waals surface area contributed by atoms with Gasteiger partial charge in [-0.15, -0.1) is 0 Å². The fraction of sp³-hybridized carbons (Fsp3) is 0.350. The number of likely N-dealkylation sites (N-methyl/N-ethyl adjacent to an activating group) is 1. The van der Waals surface area contributed by atoms with Crippen LogP contribution in [0.3, 0.4) is 0 Å². The van der Waals surface area contributed by atoms with Gasteiger partial charge in [-0.3, -0.25) is 9.10 Å². The van der Waals surface area contributed by atoms with Crippen molar-refractivity contribution in [2.45, 2.75) is 32.9 Å². The van der Waals surface area contributed by atoms with Crippen LogP contribution in [0.25, 0.3) is 0 Å². The van der Waals surface area contributed by atoms with E-state index in [1.54, 1.807) is 30.1 Å². The number of amides is 1. The molecule has 0 N–H and O–H groups in total. The van der Waals surface area contributed by atoms with Crippen molar-refractivity contribution in [3.63, 3.8) is 0 Å². The van der Waals surface area contributed by atoms with E-state index in [-0.39, 0.29) is 5.91 Å². The molecule has 1 amide bonds. The Bertz CT molecular complexity index is 850. The molecule has 0 spiro atoms. The Morgan fingerprint density at radius 2 is 1.73 bits per heavy atom. The maximum Gasteiger partial charge on any atom is 0.246 e. The number of nitrogens with zero attached hydrogens (tertiary/aromatic N) is 2. The van der Waals surface area contributed by atoms with E-state index in [4.69, 9.17) is 0 Å². The SMILES string of the molecule is CC[C@@H](C(=O)N(C)Cc1ccccc1)N(c1cccc(C)c1)S(C)(=O)=O. The summed E-state index contributed by atoms with van der Waals surface area (Å²) in [5.74, 6) is -0.219. The van der Waals surface area contributed by atoms with Crippen LogP contribution in [0.15, 0.2) is 54.6 Å². The number of benzene rings is 2. The predicted octanol–water partition coefficient (Wildman–Crippen LogP) is 3.20. The third-order valence-corrected chi connectivity index (χ3v) is 5.39. The standard InChI is InChI=1S/C20H26N2O3S/c1-5-19(20(23)21(3)15-17-11-7-6-8-12-17)22(26(4,24)25)18-13-9-10-16(2)14-18/h6-14,19H,5,15H2,1-4H3/t19-/m0/s1. The lowest BCUT2D eigenvalue weighted by atomic mass is 10.1. The van der Waals surface area contributed by atoms with Gasteiger partial charge in [0.05, 0.1) is 11.9 Å². The highest BCUT2D eigenvalue weighted by Crippen LogP contribution is 2.24. The van der Waals surface area contributed by atoms with Crippen LogP contribution in [0.1, 0.15) is 24.5 Å². The van der Waals surface area contributed by atoms with Gasteiger partial charge in [0.2, 0.25) is 15.9 Å². The first-order valence-corrected chi connectivity index (χ1v) is 10.4. The maximum atomic E-state index is 13.0. The van der Waals surface area contributed by atoms with Crippen molar-refractivity contribution in [3.05, 3.63) is 65.7 Å². The van der Waals surface area contributed by atoms with E-state index >= 15 is 0 Å². The number of carbonyl (C=O) groups excluding carboxylic acids is 1. The molecule has 26 heavy (non-hydrogen) atoms. The van der Waals surface area contributed by atoms with Crippen molar-refractivity contribution in [2.24, 2.45) is 0 Å². The molecule has 5 nitrogen and oxygen atoms in total. The average molecular weight is 375 g/mol. The van der Waals surface area contributed by atoms with Crippen LogP contribution in [0, 0.1) is 6.92 Å². The number of hydrogen-bond acceptors (Lipinski definition) is 3. The van der Waals surface area contributed by atoms with Crippen molar-refractivity contribution < 1.29 is 13.2 Å². The minimum Gasteiger partial charge on any atom is -0.340 e. The Balaban J connectivity index is 2.33. The highest BCUT2D eigenvalue weighted by Gasteiger charge is 2.33. The summed E-state index contributed by atoms with van der Waals surface area (Å²) in [4.78, 5) is 14.6. The summed E-state index contributed by atoms with van der Waals surface area (Å²) in [6.45, 7) is 4.16. The molecule has 2 aromatic rings. The number of hydrogen-bond donors (Lipinski definition) is 0. The zero-order valence-electron chi connectivity index (χ0n) is 15.7. The topological polar surface area (TPSA) is 57.7 Å². The molecule has 0 fully saturated rings. The minimum atomic E-state index is -3.61. The zero-order valence-corrected chi connectivity index (χ0v) is 16.5.